The zero-order valence-corrected chi connectivity index (χ0v) is 8.78. The highest BCUT2D eigenvalue weighted by atomic mass is 15.0. The van der Waals surface area contributed by atoms with Crippen molar-refractivity contribution in [2.24, 2.45) is 5.92 Å². The van der Waals surface area contributed by atoms with Gasteiger partial charge < -0.3 is 10.6 Å². The molecule has 0 aliphatic carbocycles. The van der Waals surface area contributed by atoms with Crippen molar-refractivity contribution < 1.29 is 0 Å². The lowest BCUT2D eigenvalue weighted by atomic mass is 9.95. The van der Waals surface area contributed by atoms with Crippen LogP contribution in [-0.2, 0) is 0 Å². The number of hydrogen-bond acceptors (Lipinski definition) is 2. The summed E-state index contributed by atoms with van der Waals surface area (Å²) in [4.78, 5) is 0. The van der Waals surface area contributed by atoms with Gasteiger partial charge in [-0.2, -0.15) is 0 Å². The first-order chi connectivity index (χ1) is 5.47. The van der Waals surface area contributed by atoms with Crippen LogP contribution in [0.1, 0.15) is 34.1 Å². The van der Waals surface area contributed by atoms with Gasteiger partial charge >= 0.3 is 0 Å². The first-order valence-electron chi connectivity index (χ1n) is 4.96. The summed E-state index contributed by atoms with van der Waals surface area (Å²) in [5.41, 5.74) is 0.253. The predicted molar refractivity (Wildman–Crippen MR) is 53.3 cm³/mol. The van der Waals surface area contributed by atoms with Crippen LogP contribution in [0.4, 0.5) is 0 Å². The van der Waals surface area contributed by atoms with E-state index < -0.39 is 0 Å². The van der Waals surface area contributed by atoms with Crippen LogP contribution < -0.4 is 10.6 Å². The second-order valence-electron chi connectivity index (χ2n) is 5.09. The maximum atomic E-state index is 3.63. The molecule has 1 aliphatic heterocycles. The number of rotatable bonds is 1. The van der Waals surface area contributed by atoms with Crippen molar-refractivity contribution in [2.75, 3.05) is 13.1 Å². The Morgan fingerprint density at radius 3 is 2.42 bits per heavy atom. The van der Waals surface area contributed by atoms with Crippen LogP contribution in [-0.4, -0.2) is 24.7 Å². The molecule has 0 aromatic carbocycles. The van der Waals surface area contributed by atoms with Crippen LogP contribution in [0.25, 0.3) is 0 Å². The molecular weight excluding hydrogens is 148 g/mol. The minimum atomic E-state index is 0.253. The molecule has 0 aromatic rings. The smallest absolute Gasteiger partial charge is 0.0200 e. The van der Waals surface area contributed by atoms with Gasteiger partial charge in [-0.1, -0.05) is 6.92 Å². The molecule has 72 valence electrons. The van der Waals surface area contributed by atoms with Crippen LogP contribution in [0, 0.1) is 5.92 Å². The molecule has 2 heteroatoms. The highest BCUT2D eigenvalue weighted by Crippen LogP contribution is 2.12. The average Bonchev–Trinajstić information content (AvgIpc) is 1.82. The maximum Gasteiger partial charge on any atom is 0.0200 e. The Hall–Kier alpha value is -0.0800. The van der Waals surface area contributed by atoms with Gasteiger partial charge in [-0.15, -0.1) is 0 Å². The molecule has 1 fully saturated rings. The van der Waals surface area contributed by atoms with Crippen molar-refractivity contribution in [3.05, 3.63) is 0 Å². The highest BCUT2D eigenvalue weighted by molar-refractivity contribution is 4.84. The summed E-state index contributed by atoms with van der Waals surface area (Å²) in [5, 5.41) is 7.07. The third kappa shape index (κ3) is 3.55. The summed E-state index contributed by atoms with van der Waals surface area (Å²) < 4.78 is 0. The first-order valence-corrected chi connectivity index (χ1v) is 4.96. The molecule has 1 aliphatic rings. The minimum Gasteiger partial charge on any atom is -0.315 e. The molecule has 1 saturated heterocycles. The topological polar surface area (TPSA) is 24.1 Å². The molecule has 0 spiro atoms. The summed E-state index contributed by atoms with van der Waals surface area (Å²) in [7, 11) is 0. The zero-order valence-electron chi connectivity index (χ0n) is 8.78. The Morgan fingerprint density at radius 1 is 1.25 bits per heavy atom. The summed E-state index contributed by atoms with van der Waals surface area (Å²) in [6.45, 7) is 11.3. The van der Waals surface area contributed by atoms with Crippen LogP contribution in [0.3, 0.4) is 0 Å². The lowest BCUT2D eigenvalue weighted by Crippen LogP contribution is -2.52. The van der Waals surface area contributed by atoms with Gasteiger partial charge in [-0.05, 0) is 39.7 Å². The third-order valence-electron chi connectivity index (χ3n) is 2.21. The number of piperidine rings is 1. The Morgan fingerprint density at radius 2 is 1.92 bits per heavy atom. The molecule has 2 atom stereocenters. The van der Waals surface area contributed by atoms with Gasteiger partial charge in [-0.3, -0.25) is 0 Å². The summed E-state index contributed by atoms with van der Waals surface area (Å²) in [6.07, 6.45) is 1.31. The maximum absolute atomic E-state index is 3.63. The fourth-order valence-electron chi connectivity index (χ4n) is 1.88. The van der Waals surface area contributed by atoms with E-state index in [1.807, 2.05) is 0 Å². The molecule has 2 unspecified atom stereocenters. The van der Waals surface area contributed by atoms with Gasteiger partial charge in [0, 0.05) is 18.1 Å². The van der Waals surface area contributed by atoms with E-state index in [2.05, 4.69) is 38.3 Å². The molecular formula is C10H22N2. The van der Waals surface area contributed by atoms with Crippen LogP contribution in [0.5, 0.6) is 0 Å². The molecule has 0 saturated carbocycles. The predicted octanol–water partition coefficient (Wildman–Crippen LogP) is 1.37. The van der Waals surface area contributed by atoms with E-state index in [9.17, 15) is 0 Å². The molecule has 0 aromatic heterocycles. The van der Waals surface area contributed by atoms with E-state index in [0.29, 0.717) is 6.04 Å². The summed E-state index contributed by atoms with van der Waals surface area (Å²) >= 11 is 0. The van der Waals surface area contributed by atoms with Crippen molar-refractivity contribution >= 4 is 0 Å². The molecule has 2 nitrogen and oxygen atoms in total. The van der Waals surface area contributed by atoms with Gasteiger partial charge in [-0.25, -0.2) is 0 Å². The third-order valence-corrected chi connectivity index (χ3v) is 2.21. The largest absolute Gasteiger partial charge is 0.315 e. The number of nitrogens with one attached hydrogen (secondary N) is 2. The van der Waals surface area contributed by atoms with E-state index in [-0.39, 0.29) is 5.54 Å². The summed E-state index contributed by atoms with van der Waals surface area (Å²) in [6, 6.07) is 0.661. The molecule has 1 heterocycles. The van der Waals surface area contributed by atoms with E-state index in [0.717, 1.165) is 12.5 Å². The van der Waals surface area contributed by atoms with Crippen molar-refractivity contribution in [2.45, 2.75) is 45.7 Å². The van der Waals surface area contributed by atoms with E-state index >= 15 is 0 Å². The zero-order chi connectivity index (χ0) is 9.19. The Kier molecular flexibility index (Phi) is 3.13. The van der Waals surface area contributed by atoms with Gasteiger partial charge in [0.1, 0.15) is 0 Å². The van der Waals surface area contributed by atoms with Crippen molar-refractivity contribution in [1.29, 1.82) is 0 Å². The fraction of sp³-hybridized carbons (Fsp3) is 1.00. The second kappa shape index (κ2) is 3.75. The molecule has 12 heavy (non-hydrogen) atoms. The number of hydrogen-bond donors (Lipinski definition) is 2. The van der Waals surface area contributed by atoms with Gasteiger partial charge in [0.15, 0.2) is 0 Å². The van der Waals surface area contributed by atoms with Crippen LogP contribution >= 0.6 is 0 Å². The lowest BCUT2D eigenvalue weighted by Gasteiger charge is -2.34. The van der Waals surface area contributed by atoms with Gasteiger partial charge in [0.2, 0.25) is 0 Å². The van der Waals surface area contributed by atoms with Crippen LogP contribution in [0.15, 0.2) is 0 Å². The van der Waals surface area contributed by atoms with Crippen molar-refractivity contribution in [1.82, 2.24) is 10.6 Å². The lowest BCUT2D eigenvalue weighted by molar-refractivity contribution is 0.267. The Labute approximate surface area is 76.1 Å². The average molecular weight is 170 g/mol. The van der Waals surface area contributed by atoms with E-state index in [1.54, 1.807) is 0 Å². The van der Waals surface area contributed by atoms with E-state index in [4.69, 9.17) is 0 Å². The monoisotopic (exact) mass is 170 g/mol. The highest BCUT2D eigenvalue weighted by Gasteiger charge is 2.22. The van der Waals surface area contributed by atoms with Crippen molar-refractivity contribution in [3.8, 4) is 0 Å². The van der Waals surface area contributed by atoms with Crippen molar-refractivity contribution in [3.63, 3.8) is 0 Å². The standard InChI is InChI=1S/C10H22N2/c1-8-5-9(7-11-6-8)12-10(2,3)4/h8-9,11-12H,5-7H2,1-4H3. The molecule has 2 N–H and O–H groups in total. The van der Waals surface area contributed by atoms with E-state index in [1.165, 1.54) is 13.0 Å². The minimum absolute atomic E-state index is 0.253. The molecule has 1 rings (SSSR count). The normalized spacial score (nSPS) is 32.0. The van der Waals surface area contributed by atoms with Crippen LogP contribution in [0.2, 0.25) is 0 Å². The second-order valence-corrected chi connectivity index (χ2v) is 5.09. The molecule has 0 radical (unpaired) electrons. The Bertz CT molecular complexity index is 137. The quantitative estimate of drug-likeness (QED) is 0.621. The fourth-order valence-corrected chi connectivity index (χ4v) is 1.88. The first kappa shape index (κ1) is 10.0. The Balaban J connectivity index is 2.32. The molecule has 0 amide bonds. The van der Waals surface area contributed by atoms with Gasteiger partial charge in [0.05, 0.1) is 0 Å². The van der Waals surface area contributed by atoms with Gasteiger partial charge in [0.25, 0.3) is 0 Å². The SMILES string of the molecule is CC1CNCC(NC(C)(C)C)C1. The molecule has 0 bridgehead atoms. The summed E-state index contributed by atoms with van der Waals surface area (Å²) in [5.74, 6) is 0.818.